The number of anilines is 1. The van der Waals surface area contributed by atoms with Gasteiger partial charge in [0, 0.05) is 31.7 Å². The summed E-state index contributed by atoms with van der Waals surface area (Å²) in [6.07, 6.45) is 0. The molecule has 0 spiro atoms. The summed E-state index contributed by atoms with van der Waals surface area (Å²) in [7, 11) is 0. The van der Waals surface area contributed by atoms with Crippen LogP contribution in [0.5, 0.6) is 0 Å². The molecule has 26 heavy (non-hydrogen) atoms. The van der Waals surface area contributed by atoms with Gasteiger partial charge in [-0.05, 0) is 36.4 Å². The number of nitrogens with zero attached hydrogens (tertiary/aromatic N) is 1. The van der Waals surface area contributed by atoms with E-state index in [2.05, 4.69) is 24.1 Å². The highest BCUT2D eigenvalue weighted by Gasteiger charge is 2.13. The number of amides is 1. The molecule has 0 aliphatic rings. The van der Waals surface area contributed by atoms with E-state index in [0.717, 1.165) is 10.5 Å². The topological polar surface area (TPSA) is 42.0 Å². The average molecular weight is 423 g/mol. The summed E-state index contributed by atoms with van der Waals surface area (Å²) < 4.78 is 0. The standard InChI is InChI=1S/C19H16Cl2N2OS2/c1-11(2)26-14-5-3-4-12(8-14)18(24)23-19-22-17(10-25-19)15-9-13(20)6-7-16(15)21/h3-11H,1-2H3,(H,22,23,24). The molecule has 1 N–H and O–H groups in total. The SMILES string of the molecule is CC(C)Sc1cccc(C(=O)Nc2nc(-c3cc(Cl)ccc3Cl)cs2)c1. The van der Waals surface area contributed by atoms with E-state index in [1.807, 2.05) is 23.6 Å². The molecular weight excluding hydrogens is 407 g/mol. The van der Waals surface area contributed by atoms with Crippen LogP contribution in [-0.2, 0) is 0 Å². The van der Waals surface area contributed by atoms with Crippen molar-refractivity contribution in [3.05, 3.63) is 63.5 Å². The van der Waals surface area contributed by atoms with Crippen molar-refractivity contribution in [1.29, 1.82) is 0 Å². The molecule has 0 aliphatic carbocycles. The van der Waals surface area contributed by atoms with Crippen LogP contribution in [0.15, 0.2) is 52.7 Å². The van der Waals surface area contributed by atoms with Crippen LogP contribution in [-0.4, -0.2) is 16.1 Å². The first-order valence-corrected chi connectivity index (χ1v) is 10.4. The van der Waals surface area contributed by atoms with Crippen molar-refractivity contribution in [2.75, 3.05) is 5.32 Å². The lowest BCUT2D eigenvalue weighted by atomic mass is 10.2. The largest absolute Gasteiger partial charge is 0.298 e. The minimum absolute atomic E-state index is 0.186. The molecule has 1 amide bonds. The average Bonchev–Trinajstić information content (AvgIpc) is 3.05. The Bertz CT molecular complexity index is 941. The molecule has 0 radical (unpaired) electrons. The maximum Gasteiger partial charge on any atom is 0.257 e. The number of hydrogen-bond donors (Lipinski definition) is 1. The van der Waals surface area contributed by atoms with Crippen LogP contribution in [0.2, 0.25) is 10.0 Å². The number of aromatic nitrogens is 1. The first kappa shape index (κ1) is 19.2. The first-order valence-electron chi connectivity index (χ1n) is 7.91. The maximum atomic E-state index is 12.5. The van der Waals surface area contributed by atoms with Gasteiger partial charge in [0.25, 0.3) is 5.91 Å². The molecule has 0 bridgehead atoms. The molecule has 7 heteroatoms. The number of carbonyl (C=O) groups excluding carboxylic acids is 1. The smallest absolute Gasteiger partial charge is 0.257 e. The van der Waals surface area contributed by atoms with E-state index >= 15 is 0 Å². The van der Waals surface area contributed by atoms with Crippen molar-refractivity contribution in [3.8, 4) is 11.3 Å². The highest BCUT2D eigenvalue weighted by molar-refractivity contribution is 7.99. The second-order valence-corrected chi connectivity index (χ2v) is 9.16. The number of carbonyl (C=O) groups is 1. The number of rotatable bonds is 5. The molecule has 0 unspecified atom stereocenters. The van der Waals surface area contributed by atoms with Gasteiger partial charge >= 0.3 is 0 Å². The highest BCUT2D eigenvalue weighted by Crippen LogP contribution is 2.33. The molecule has 3 nitrogen and oxygen atoms in total. The number of hydrogen-bond acceptors (Lipinski definition) is 4. The molecule has 0 saturated heterocycles. The fraction of sp³-hybridized carbons (Fsp3) is 0.158. The zero-order valence-electron chi connectivity index (χ0n) is 14.1. The van der Waals surface area contributed by atoms with Gasteiger partial charge in [0.2, 0.25) is 0 Å². The third-order valence-corrected chi connectivity index (χ3v) is 5.72. The molecule has 0 atom stereocenters. The van der Waals surface area contributed by atoms with Crippen LogP contribution in [0.3, 0.4) is 0 Å². The summed E-state index contributed by atoms with van der Waals surface area (Å²) in [5.41, 5.74) is 2.03. The molecule has 0 aliphatic heterocycles. The lowest BCUT2D eigenvalue weighted by Gasteiger charge is -2.07. The molecule has 0 saturated carbocycles. The van der Waals surface area contributed by atoms with Gasteiger partial charge in [-0.25, -0.2) is 4.98 Å². The summed E-state index contributed by atoms with van der Waals surface area (Å²) in [6.45, 7) is 4.24. The first-order chi connectivity index (χ1) is 12.4. The van der Waals surface area contributed by atoms with Gasteiger partial charge in [-0.15, -0.1) is 23.1 Å². The van der Waals surface area contributed by atoms with E-state index in [0.29, 0.717) is 31.7 Å². The van der Waals surface area contributed by atoms with Crippen LogP contribution in [0, 0.1) is 0 Å². The van der Waals surface area contributed by atoms with E-state index in [1.54, 1.807) is 36.0 Å². The molecular formula is C19H16Cl2N2OS2. The molecule has 3 rings (SSSR count). The van der Waals surface area contributed by atoms with Crippen LogP contribution in [0.4, 0.5) is 5.13 Å². The summed E-state index contributed by atoms with van der Waals surface area (Å²) in [6, 6.07) is 12.8. The predicted octanol–water partition coefficient (Wildman–Crippen LogP) is 6.87. The van der Waals surface area contributed by atoms with E-state index in [4.69, 9.17) is 23.2 Å². The number of halogens is 2. The summed E-state index contributed by atoms with van der Waals surface area (Å²) >= 11 is 15.3. The van der Waals surface area contributed by atoms with E-state index < -0.39 is 0 Å². The minimum atomic E-state index is -0.186. The number of benzene rings is 2. The summed E-state index contributed by atoms with van der Waals surface area (Å²) in [5, 5.41) is 6.82. The molecule has 2 aromatic carbocycles. The molecule has 1 aromatic heterocycles. The fourth-order valence-corrected chi connectivity index (χ4v) is 4.29. The second-order valence-electron chi connectivity index (χ2n) is 5.81. The Morgan fingerprint density at radius 3 is 2.77 bits per heavy atom. The van der Waals surface area contributed by atoms with Crippen molar-refractivity contribution in [2.24, 2.45) is 0 Å². The van der Waals surface area contributed by atoms with Gasteiger partial charge in [0.15, 0.2) is 5.13 Å². The van der Waals surface area contributed by atoms with Crippen molar-refractivity contribution in [1.82, 2.24) is 4.98 Å². The predicted molar refractivity (Wildman–Crippen MR) is 113 cm³/mol. The zero-order chi connectivity index (χ0) is 18.7. The molecule has 1 heterocycles. The Morgan fingerprint density at radius 2 is 2.00 bits per heavy atom. The van der Waals surface area contributed by atoms with Gasteiger partial charge < -0.3 is 0 Å². The Hall–Kier alpha value is -1.53. The van der Waals surface area contributed by atoms with Gasteiger partial charge in [-0.3, -0.25) is 10.1 Å². The Labute approximate surface area is 170 Å². The van der Waals surface area contributed by atoms with Crippen molar-refractivity contribution in [3.63, 3.8) is 0 Å². The zero-order valence-corrected chi connectivity index (χ0v) is 17.3. The fourth-order valence-electron chi connectivity index (χ4n) is 2.30. The second kappa shape index (κ2) is 8.44. The number of thiazole rings is 1. The highest BCUT2D eigenvalue weighted by atomic mass is 35.5. The minimum Gasteiger partial charge on any atom is -0.298 e. The third kappa shape index (κ3) is 4.80. The van der Waals surface area contributed by atoms with Gasteiger partial charge in [-0.2, -0.15) is 0 Å². The van der Waals surface area contributed by atoms with Gasteiger partial charge in [0.05, 0.1) is 10.7 Å². The van der Waals surface area contributed by atoms with Crippen LogP contribution in [0.25, 0.3) is 11.3 Å². The van der Waals surface area contributed by atoms with Crippen LogP contribution >= 0.6 is 46.3 Å². The van der Waals surface area contributed by atoms with Crippen LogP contribution < -0.4 is 5.32 Å². The van der Waals surface area contributed by atoms with Gasteiger partial charge in [0.1, 0.15) is 0 Å². The monoisotopic (exact) mass is 422 g/mol. The Balaban J connectivity index is 1.77. The van der Waals surface area contributed by atoms with E-state index in [-0.39, 0.29) is 5.91 Å². The molecule has 0 fully saturated rings. The maximum absolute atomic E-state index is 12.5. The Morgan fingerprint density at radius 1 is 1.19 bits per heavy atom. The number of nitrogens with one attached hydrogen (secondary N) is 1. The summed E-state index contributed by atoms with van der Waals surface area (Å²) in [5.74, 6) is -0.186. The van der Waals surface area contributed by atoms with Crippen molar-refractivity contribution >= 4 is 57.3 Å². The summed E-state index contributed by atoms with van der Waals surface area (Å²) in [4.78, 5) is 18.0. The van der Waals surface area contributed by atoms with Gasteiger partial charge in [-0.1, -0.05) is 43.1 Å². The van der Waals surface area contributed by atoms with E-state index in [9.17, 15) is 4.79 Å². The van der Waals surface area contributed by atoms with E-state index in [1.165, 1.54) is 11.3 Å². The lowest BCUT2D eigenvalue weighted by Crippen LogP contribution is -2.11. The van der Waals surface area contributed by atoms with Crippen molar-refractivity contribution < 1.29 is 4.79 Å². The third-order valence-electron chi connectivity index (χ3n) is 3.40. The quantitative estimate of drug-likeness (QED) is 0.456. The van der Waals surface area contributed by atoms with Crippen molar-refractivity contribution in [2.45, 2.75) is 24.0 Å². The molecule has 134 valence electrons. The molecule has 3 aromatic rings. The number of thioether (sulfide) groups is 1. The Kier molecular flexibility index (Phi) is 6.24. The van der Waals surface area contributed by atoms with Crippen LogP contribution in [0.1, 0.15) is 24.2 Å². The normalized spacial score (nSPS) is 11.0. The lowest BCUT2D eigenvalue weighted by molar-refractivity contribution is 0.102.